The lowest BCUT2D eigenvalue weighted by atomic mass is 10.2. The number of hydrogen-bond donors (Lipinski definition) is 1. The monoisotopic (exact) mass is 302 g/mol. The Hall–Kier alpha value is -1.23. The first kappa shape index (κ1) is 13.8. The highest BCUT2D eigenvalue weighted by molar-refractivity contribution is 9.10. The minimum Gasteiger partial charge on any atom is -0.493 e. The number of aromatic carboxylic acids is 1. The van der Waals surface area contributed by atoms with Crippen LogP contribution in [0.2, 0.25) is 0 Å². The summed E-state index contributed by atoms with van der Waals surface area (Å²) in [7, 11) is 1.49. The van der Waals surface area contributed by atoms with E-state index in [1.54, 1.807) is 6.07 Å². The lowest BCUT2D eigenvalue weighted by molar-refractivity contribution is 0.0691. The summed E-state index contributed by atoms with van der Waals surface area (Å²) in [6.45, 7) is 2.52. The zero-order valence-electron chi connectivity index (χ0n) is 9.83. The van der Waals surface area contributed by atoms with Crippen LogP contribution in [0.15, 0.2) is 16.6 Å². The molecule has 1 aromatic rings. The molecule has 0 spiro atoms. The van der Waals surface area contributed by atoms with E-state index in [2.05, 4.69) is 15.9 Å². The molecular weight excluding hydrogens is 288 g/mol. The zero-order chi connectivity index (χ0) is 12.8. The minimum atomic E-state index is -1.03. The van der Waals surface area contributed by atoms with Gasteiger partial charge in [0.15, 0.2) is 11.5 Å². The van der Waals surface area contributed by atoms with Crippen molar-refractivity contribution in [2.24, 2.45) is 0 Å². The van der Waals surface area contributed by atoms with E-state index >= 15 is 0 Å². The van der Waals surface area contributed by atoms with E-state index in [-0.39, 0.29) is 11.3 Å². The SMILES string of the molecule is CCCCOc1c(OC)cc(Br)cc1C(=O)O. The molecule has 0 aliphatic rings. The quantitative estimate of drug-likeness (QED) is 0.819. The summed E-state index contributed by atoms with van der Waals surface area (Å²) in [5.41, 5.74) is 0.104. The van der Waals surface area contributed by atoms with Crippen molar-refractivity contribution in [2.45, 2.75) is 19.8 Å². The molecule has 0 heterocycles. The van der Waals surface area contributed by atoms with E-state index in [1.807, 2.05) is 6.92 Å². The van der Waals surface area contributed by atoms with Crippen LogP contribution < -0.4 is 9.47 Å². The van der Waals surface area contributed by atoms with Gasteiger partial charge < -0.3 is 14.6 Å². The molecule has 1 N–H and O–H groups in total. The topological polar surface area (TPSA) is 55.8 Å². The predicted molar refractivity (Wildman–Crippen MR) is 68.1 cm³/mol. The molecule has 5 heteroatoms. The number of methoxy groups -OCH3 is 1. The summed E-state index contributed by atoms with van der Waals surface area (Å²) in [5, 5.41) is 9.11. The molecule has 0 saturated heterocycles. The van der Waals surface area contributed by atoms with Crippen molar-refractivity contribution in [3.8, 4) is 11.5 Å². The van der Waals surface area contributed by atoms with Crippen molar-refractivity contribution in [1.29, 1.82) is 0 Å². The van der Waals surface area contributed by atoms with E-state index in [9.17, 15) is 4.79 Å². The molecule has 1 aromatic carbocycles. The van der Waals surface area contributed by atoms with E-state index in [0.717, 1.165) is 12.8 Å². The number of carboxylic acid groups (broad SMARTS) is 1. The van der Waals surface area contributed by atoms with E-state index < -0.39 is 5.97 Å². The lowest BCUT2D eigenvalue weighted by Crippen LogP contribution is -2.06. The zero-order valence-corrected chi connectivity index (χ0v) is 11.4. The summed E-state index contributed by atoms with van der Waals surface area (Å²) in [4.78, 5) is 11.1. The number of rotatable bonds is 6. The number of unbranched alkanes of at least 4 members (excludes halogenated alkanes) is 1. The average Bonchev–Trinajstić information content (AvgIpc) is 2.30. The van der Waals surface area contributed by atoms with Crippen molar-refractivity contribution in [2.75, 3.05) is 13.7 Å². The van der Waals surface area contributed by atoms with Gasteiger partial charge >= 0.3 is 5.97 Å². The number of ether oxygens (including phenoxy) is 2. The Balaban J connectivity index is 3.08. The highest BCUT2D eigenvalue weighted by Crippen LogP contribution is 2.35. The Morgan fingerprint density at radius 3 is 2.71 bits per heavy atom. The normalized spacial score (nSPS) is 10.1. The Bertz CT molecular complexity index is 404. The molecule has 0 aliphatic heterocycles. The lowest BCUT2D eigenvalue weighted by Gasteiger charge is -2.13. The van der Waals surface area contributed by atoms with Gasteiger partial charge in [0, 0.05) is 4.47 Å². The first-order chi connectivity index (χ1) is 8.10. The van der Waals surface area contributed by atoms with Gasteiger partial charge in [-0.3, -0.25) is 0 Å². The van der Waals surface area contributed by atoms with Crippen molar-refractivity contribution < 1.29 is 19.4 Å². The minimum absolute atomic E-state index is 0.104. The maximum absolute atomic E-state index is 11.1. The largest absolute Gasteiger partial charge is 0.493 e. The van der Waals surface area contributed by atoms with Crippen LogP contribution in [0.5, 0.6) is 11.5 Å². The summed E-state index contributed by atoms with van der Waals surface area (Å²) >= 11 is 3.24. The highest BCUT2D eigenvalue weighted by atomic mass is 79.9. The van der Waals surface area contributed by atoms with Crippen LogP contribution in [0.4, 0.5) is 0 Å². The Morgan fingerprint density at radius 2 is 2.18 bits per heavy atom. The van der Waals surface area contributed by atoms with Gasteiger partial charge in [-0.15, -0.1) is 0 Å². The Labute approximate surface area is 109 Å². The van der Waals surface area contributed by atoms with Crippen LogP contribution in [0.1, 0.15) is 30.1 Å². The smallest absolute Gasteiger partial charge is 0.339 e. The maximum atomic E-state index is 11.1. The molecule has 17 heavy (non-hydrogen) atoms. The van der Waals surface area contributed by atoms with Crippen LogP contribution in [0.3, 0.4) is 0 Å². The van der Waals surface area contributed by atoms with Crippen molar-refractivity contribution in [3.63, 3.8) is 0 Å². The highest BCUT2D eigenvalue weighted by Gasteiger charge is 2.17. The Morgan fingerprint density at radius 1 is 1.47 bits per heavy atom. The van der Waals surface area contributed by atoms with Gasteiger partial charge in [-0.2, -0.15) is 0 Å². The second kappa shape index (κ2) is 6.49. The summed E-state index contributed by atoms with van der Waals surface area (Å²) in [6, 6.07) is 3.19. The van der Waals surface area contributed by atoms with Gasteiger partial charge in [-0.25, -0.2) is 4.79 Å². The first-order valence-corrected chi connectivity index (χ1v) is 6.13. The summed E-state index contributed by atoms with van der Waals surface area (Å²) < 4.78 is 11.3. The number of carboxylic acids is 1. The number of benzene rings is 1. The molecule has 94 valence electrons. The molecule has 0 atom stereocenters. The molecule has 0 fully saturated rings. The molecule has 1 rings (SSSR count). The molecule has 0 radical (unpaired) electrons. The molecular formula is C12H15BrO4. The van der Waals surface area contributed by atoms with Gasteiger partial charge in [0.25, 0.3) is 0 Å². The van der Waals surface area contributed by atoms with E-state index in [0.29, 0.717) is 16.8 Å². The van der Waals surface area contributed by atoms with Crippen molar-refractivity contribution >= 4 is 21.9 Å². The fraction of sp³-hybridized carbons (Fsp3) is 0.417. The van der Waals surface area contributed by atoms with Crippen molar-refractivity contribution in [1.82, 2.24) is 0 Å². The van der Waals surface area contributed by atoms with Gasteiger partial charge in [-0.05, 0) is 18.6 Å². The molecule has 0 aliphatic carbocycles. The van der Waals surface area contributed by atoms with Gasteiger partial charge in [0.05, 0.1) is 13.7 Å². The number of halogens is 1. The molecule has 4 nitrogen and oxygen atoms in total. The first-order valence-electron chi connectivity index (χ1n) is 5.33. The van der Waals surface area contributed by atoms with Crippen LogP contribution in [-0.2, 0) is 0 Å². The average molecular weight is 303 g/mol. The maximum Gasteiger partial charge on any atom is 0.339 e. The third-order valence-electron chi connectivity index (χ3n) is 2.21. The molecule has 0 unspecified atom stereocenters. The van der Waals surface area contributed by atoms with Crippen LogP contribution in [-0.4, -0.2) is 24.8 Å². The van der Waals surface area contributed by atoms with Crippen LogP contribution in [0.25, 0.3) is 0 Å². The summed E-state index contributed by atoms with van der Waals surface area (Å²) in [5.74, 6) is -0.319. The predicted octanol–water partition coefficient (Wildman–Crippen LogP) is 3.33. The Kier molecular flexibility index (Phi) is 5.28. The van der Waals surface area contributed by atoms with Crippen LogP contribution >= 0.6 is 15.9 Å². The fourth-order valence-corrected chi connectivity index (χ4v) is 1.78. The fourth-order valence-electron chi connectivity index (χ4n) is 1.35. The molecule has 0 amide bonds. The van der Waals surface area contributed by atoms with E-state index in [4.69, 9.17) is 14.6 Å². The van der Waals surface area contributed by atoms with Gasteiger partial charge in [-0.1, -0.05) is 29.3 Å². The van der Waals surface area contributed by atoms with Gasteiger partial charge in [0.2, 0.25) is 0 Å². The third-order valence-corrected chi connectivity index (χ3v) is 2.67. The summed E-state index contributed by atoms with van der Waals surface area (Å²) in [6.07, 6.45) is 1.86. The standard InChI is InChI=1S/C12H15BrO4/c1-3-4-5-17-11-9(12(14)15)6-8(13)7-10(11)16-2/h6-7H,3-5H2,1-2H3,(H,14,15). The molecule has 0 bridgehead atoms. The van der Waals surface area contributed by atoms with Crippen LogP contribution in [0, 0.1) is 0 Å². The second-order valence-corrected chi connectivity index (χ2v) is 4.41. The number of carbonyl (C=O) groups is 1. The number of hydrogen-bond acceptors (Lipinski definition) is 3. The van der Waals surface area contributed by atoms with E-state index in [1.165, 1.54) is 13.2 Å². The van der Waals surface area contributed by atoms with Gasteiger partial charge in [0.1, 0.15) is 5.56 Å². The molecule has 0 aromatic heterocycles. The van der Waals surface area contributed by atoms with Crippen molar-refractivity contribution in [3.05, 3.63) is 22.2 Å². The third kappa shape index (κ3) is 3.63. The molecule has 0 saturated carbocycles. The second-order valence-electron chi connectivity index (χ2n) is 3.49.